The minimum absolute atomic E-state index is 0.242. The molecule has 0 heterocycles. The van der Waals surface area contributed by atoms with Gasteiger partial charge in [0.25, 0.3) is 0 Å². The lowest BCUT2D eigenvalue weighted by Crippen LogP contribution is -2.32. The molecule has 0 aromatic carbocycles. The normalized spacial score (nSPS) is 12.4. The highest BCUT2D eigenvalue weighted by molar-refractivity contribution is 7.99. The summed E-state index contributed by atoms with van der Waals surface area (Å²) in [7, 11) is 0. The lowest BCUT2D eigenvalue weighted by molar-refractivity contribution is -0.115. The summed E-state index contributed by atoms with van der Waals surface area (Å²) in [5.41, 5.74) is 4.90. The van der Waals surface area contributed by atoms with Crippen molar-refractivity contribution in [3.05, 3.63) is 0 Å². The number of aldehydes is 1. The monoisotopic (exact) mass is 208 g/mol. The van der Waals surface area contributed by atoms with E-state index < -0.39 is 0 Å². The van der Waals surface area contributed by atoms with Crippen LogP contribution in [0, 0.1) is 0 Å². The van der Waals surface area contributed by atoms with E-state index in [0.29, 0.717) is 11.6 Å². The Hall–Kier alpha value is -0.200. The SMILES string of the molecule is NC(=O)CSCN[C@H](C=O)CS. The highest BCUT2D eigenvalue weighted by Gasteiger charge is 2.02. The molecule has 1 amide bonds. The van der Waals surface area contributed by atoms with Gasteiger partial charge < -0.3 is 10.5 Å². The summed E-state index contributed by atoms with van der Waals surface area (Å²) in [5, 5.41) is 2.89. The van der Waals surface area contributed by atoms with Crippen LogP contribution in [-0.4, -0.2) is 35.6 Å². The fourth-order valence-electron chi connectivity index (χ4n) is 0.473. The number of rotatable bonds is 7. The Kier molecular flexibility index (Phi) is 7.33. The topological polar surface area (TPSA) is 72.2 Å². The number of thiol groups is 1. The number of amides is 1. The molecule has 0 saturated heterocycles. The molecule has 0 radical (unpaired) electrons. The Bertz CT molecular complexity index is 154. The zero-order chi connectivity index (χ0) is 9.40. The van der Waals surface area contributed by atoms with Crippen LogP contribution in [0.4, 0.5) is 0 Å². The summed E-state index contributed by atoms with van der Waals surface area (Å²) in [4.78, 5) is 20.5. The van der Waals surface area contributed by atoms with Gasteiger partial charge in [0.05, 0.1) is 11.8 Å². The first-order valence-corrected chi connectivity index (χ1v) is 5.15. The molecule has 0 spiro atoms. The molecule has 0 aliphatic carbocycles. The van der Waals surface area contributed by atoms with E-state index in [1.807, 2.05) is 0 Å². The molecule has 6 heteroatoms. The van der Waals surface area contributed by atoms with Crippen LogP contribution < -0.4 is 11.1 Å². The van der Waals surface area contributed by atoms with Gasteiger partial charge in [-0.1, -0.05) is 0 Å². The number of hydrogen-bond acceptors (Lipinski definition) is 5. The van der Waals surface area contributed by atoms with Crippen LogP contribution in [0.1, 0.15) is 0 Å². The minimum atomic E-state index is -0.352. The summed E-state index contributed by atoms with van der Waals surface area (Å²) in [5.74, 6) is 0.911. The smallest absolute Gasteiger partial charge is 0.227 e. The quantitative estimate of drug-likeness (QED) is 0.223. The first-order valence-electron chi connectivity index (χ1n) is 3.36. The van der Waals surface area contributed by atoms with Crippen LogP contribution in [0.3, 0.4) is 0 Å². The Morgan fingerprint density at radius 3 is 2.83 bits per heavy atom. The van der Waals surface area contributed by atoms with Gasteiger partial charge in [-0.05, 0) is 0 Å². The molecule has 0 aliphatic rings. The van der Waals surface area contributed by atoms with Crippen molar-refractivity contribution in [1.82, 2.24) is 5.32 Å². The van der Waals surface area contributed by atoms with Crippen molar-refractivity contribution in [3.63, 3.8) is 0 Å². The van der Waals surface area contributed by atoms with Gasteiger partial charge in [0.2, 0.25) is 5.91 Å². The Morgan fingerprint density at radius 2 is 2.42 bits per heavy atom. The van der Waals surface area contributed by atoms with Crippen LogP contribution in [0.2, 0.25) is 0 Å². The average Bonchev–Trinajstić information content (AvgIpc) is 2.04. The molecule has 0 bridgehead atoms. The molecule has 1 atom stereocenters. The van der Waals surface area contributed by atoms with Gasteiger partial charge in [-0.15, -0.1) is 11.8 Å². The van der Waals surface area contributed by atoms with Crippen LogP contribution in [-0.2, 0) is 9.59 Å². The Labute approximate surface area is 81.1 Å². The Balaban J connectivity index is 3.29. The van der Waals surface area contributed by atoms with Crippen LogP contribution in [0.15, 0.2) is 0 Å². The van der Waals surface area contributed by atoms with Gasteiger partial charge >= 0.3 is 0 Å². The number of thioether (sulfide) groups is 1. The van der Waals surface area contributed by atoms with Crippen molar-refractivity contribution in [2.75, 3.05) is 17.4 Å². The van der Waals surface area contributed by atoms with Crippen molar-refractivity contribution in [3.8, 4) is 0 Å². The fraction of sp³-hybridized carbons (Fsp3) is 0.667. The number of hydrogen-bond donors (Lipinski definition) is 3. The zero-order valence-electron chi connectivity index (χ0n) is 6.53. The van der Waals surface area contributed by atoms with Crippen molar-refractivity contribution in [2.45, 2.75) is 6.04 Å². The number of carbonyl (C=O) groups excluding carboxylic acids is 2. The second-order valence-electron chi connectivity index (χ2n) is 2.09. The average molecular weight is 208 g/mol. The lowest BCUT2D eigenvalue weighted by Gasteiger charge is -2.07. The highest BCUT2D eigenvalue weighted by Crippen LogP contribution is 1.96. The molecule has 0 rings (SSSR count). The minimum Gasteiger partial charge on any atom is -0.369 e. The summed E-state index contributed by atoms with van der Waals surface area (Å²) in [6.07, 6.45) is 0.790. The van der Waals surface area contributed by atoms with E-state index in [-0.39, 0.29) is 17.7 Å². The van der Waals surface area contributed by atoms with Gasteiger partial charge in [-0.3, -0.25) is 10.1 Å². The van der Waals surface area contributed by atoms with Crippen LogP contribution >= 0.6 is 24.4 Å². The van der Waals surface area contributed by atoms with E-state index in [4.69, 9.17) is 5.73 Å². The Morgan fingerprint density at radius 1 is 1.75 bits per heavy atom. The van der Waals surface area contributed by atoms with E-state index >= 15 is 0 Å². The van der Waals surface area contributed by atoms with E-state index in [1.165, 1.54) is 11.8 Å². The predicted molar refractivity (Wildman–Crippen MR) is 53.4 cm³/mol. The molecule has 0 aromatic rings. The maximum Gasteiger partial charge on any atom is 0.227 e. The summed E-state index contributed by atoms with van der Waals surface area (Å²) >= 11 is 5.29. The fourth-order valence-corrected chi connectivity index (χ4v) is 1.32. The molecular formula is C6H12N2O2S2. The molecule has 4 nitrogen and oxygen atoms in total. The lowest BCUT2D eigenvalue weighted by atomic mass is 10.4. The molecule has 0 fully saturated rings. The predicted octanol–water partition coefficient (Wildman–Crippen LogP) is -0.751. The molecular weight excluding hydrogens is 196 g/mol. The summed E-state index contributed by atoms with van der Waals surface area (Å²) < 4.78 is 0. The van der Waals surface area contributed by atoms with E-state index in [9.17, 15) is 9.59 Å². The second-order valence-corrected chi connectivity index (χ2v) is 3.44. The van der Waals surface area contributed by atoms with Crippen LogP contribution in [0.5, 0.6) is 0 Å². The van der Waals surface area contributed by atoms with Crippen molar-refractivity contribution < 1.29 is 9.59 Å². The summed E-state index contributed by atoms with van der Waals surface area (Å²) in [6.45, 7) is 0. The van der Waals surface area contributed by atoms with E-state index in [0.717, 1.165) is 6.29 Å². The largest absolute Gasteiger partial charge is 0.369 e. The second kappa shape index (κ2) is 7.45. The third-order valence-electron chi connectivity index (χ3n) is 1.05. The van der Waals surface area contributed by atoms with Gasteiger partial charge in [-0.2, -0.15) is 12.6 Å². The zero-order valence-corrected chi connectivity index (χ0v) is 8.24. The molecule has 0 unspecified atom stereocenters. The van der Waals surface area contributed by atoms with Crippen LogP contribution in [0.25, 0.3) is 0 Å². The van der Waals surface area contributed by atoms with Crippen molar-refractivity contribution >= 4 is 36.6 Å². The van der Waals surface area contributed by atoms with Gasteiger partial charge in [0, 0.05) is 11.6 Å². The molecule has 0 aromatic heterocycles. The molecule has 12 heavy (non-hydrogen) atoms. The maximum absolute atomic E-state index is 10.3. The maximum atomic E-state index is 10.3. The standard InChI is InChI=1S/C6H12N2O2S2/c7-6(10)3-12-4-8-5(1-9)2-11/h1,5,8,11H,2-4H2,(H2,7,10)/t5-/m1/s1. The van der Waals surface area contributed by atoms with Gasteiger partial charge in [-0.25, -0.2) is 0 Å². The van der Waals surface area contributed by atoms with E-state index in [2.05, 4.69) is 17.9 Å². The number of nitrogens with two attached hydrogens (primary N) is 1. The summed E-state index contributed by atoms with van der Waals surface area (Å²) in [6, 6.07) is -0.242. The molecule has 0 aliphatic heterocycles. The third kappa shape index (κ3) is 6.51. The molecule has 0 saturated carbocycles. The highest BCUT2D eigenvalue weighted by atomic mass is 32.2. The number of nitrogens with one attached hydrogen (secondary N) is 1. The number of primary amides is 1. The van der Waals surface area contributed by atoms with Gasteiger partial charge in [0.1, 0.15) is 6.29 Å². The van der Waals surface area contributed by atoms with Crippen molar-refractivity contribution in [1.29, 1.82) is 0 Å². The first kappa shape index (κ1) is 11.8. The molecule has 3 N–H and O–H groups in total. The first-order chi connectivity index (χ1) is 5.70. The molecule has 70 valence electrons. The number of carbonyl (C=O) groups is 2. The van der Waals surface area contributed by atoms with E-state index in [1.54, 1.807) is 0 Å². The third-order valence-corrected chi connectivity index (χ3v) is 2.31. The van der Waals surface area contributed by atoms with Gasteiger partial charge in [0.15, 0.2) is 0 Å². The van der Waals surface area contributed by atoms with Crippen molar-refractivity contribution in [2.24, 2.45) is 5.73 Å².